The van der Waals surface area contributed by atoms with Gasteiger partial charge in [-0.2, -0.15) is 0 Å². The molecule has 30 nitrogen and oxygen atoms in total. The summed E-state index contributed by atoms with van der Waals surface area (Å²) in [6, 6.07) is 74.6. The number of amides is 5. The number of Topliss-reactive ketones (excluding diaryl/α,β-unsaturated/α-hetero) is 1. The number of primary amides is 3. The molecule has 6 fully saturated rings. The average Bonchev–Trinajstić information content (AvgIpc) is 0.783. The molecule has 5 amide bonds. The lowest BCUT2D eigenvalue weighted by Crippen LogP contribution is -2.63. The van der Waals surface area contributed by atoms with Crippen LogP contribution in [0.15, 0.2) is 256 Å². The summed E-state index contributed by atoms with van der Waals surface area (Å²) in [5.41, 5.74) is 25.0. The number of para-hydroxylation sites is 5. The molecule has 20 rings (SSSR count). The van der Waals surface area contributed by atoms with Crippen molar-refractivity contribution in [3.8, 4) is 0 Å². The van der Waals surface area contributed by atoms with Gasteiger partial charge in [0.15, 0.2) is 5.78 Å². The first kappa shape index (κ1) is 104. The predicted octanol–water partition coefficient (Wildman–Crippen LogP) is 13.0. The third kappa shape index (κ3) is 27.0. The van der Waals surface area contributed by atoms with Crippen LogP contribution in [0.25, 0.3) is 43.6 Å². The number of piperidine rings is 6. The number of nitrogens with one attached hydrogen (secondary N) is 7. The highest BCUT2D eigenvalue weighted by Gasteiger charge is 2.46. The first-order valence-corrected chi connectivity index (χ1v) is 52.0. The molecule has 13 aromatic rings. The quantitative estimate of drug-likeness (QED) is 0.0187. The number of fused-ring (bicyclic) bond motifs is 5. The van der Waals surface area contributed by atoms with Crippen molar-refractivity contribution in [1.82, 2.24) is 79.9 Å². The fourth-order valence-electron chi connectivity index (χ4n) is 21.7. The van der Waals surface area contributed by atoms with E-state index in [0.29, 0.717) is 32.7 Å². The van der Waals surface area contributed by atoms with Crippen LogP contribution in [0.4, 0.5) is 5.69 Å². The fraction of sp³-hybridized carbons (Fsp3) is 0.409. The number of hydrogen-bond acceptors (Lipinski definition) is 21. The monoisotopic (exact) mass is 1960 g/mol. The highest BCUT2D eigenvalue weighted by Crippen LogP contribution is 2.39. The largest absolute Gasteiger partial charge is 0.369 e. The van der Waals surface area contributed by atoms with Crippen LogP contribution in [0.3, 0.4) is 0 Å². The van der Waals surface area contributed by atoms with Crippen LogP contribution in [-0.4, -0.2) is 234 Å². The maximum Gasteiger partial charge on any atom is 0.258 e. The van der Waals surface area contributed by atoms with Gasteiger partial charge in [0.2, 0.25) is 17.7 Å². The standard InChI is InChI=1S/C24H27N3O2.C23H26N4O2.C23H28N4O2.C23H26N4O2.C22H31N5O2/c1-17-8-10-18(11-9-17)23(28)19-12-15-27(16-13-19)14-4-7-22-25-21-6-3-2-5-20(21)24(29)26-22;28-22(17-7-2-1-3-8-17)24-18-12-15-27(16-13-18)14-6-11-21-25-20-10-5-4-9-19(20)23(29)26-21;2*24-22(29)23(17-7-2-1-3-8-17)12-15-27(16-13-23)14-6-11-20-25-19-10-5-4-9-18(19)21(28)26-20;23-21(29)22(27-13-4-1-5-14-27)10-15-26(16-11-22)12-6-9-19-24-18-8-3-2-7-17(18)20(28)25-19/h2-3,5-6,8-11,19H,4,7,12-16H2,1H3,(H,25,26,29);1-5,7-10,18H,6,11-16H2,(H,24,28)(H,25,26,29);1-5,7-10,20,25H,6,11-16H2,(H2,24,29)(H,26,28);1-5,7-10H,6,11-16H2,(H2,24,29)(H,25,26,28);2-3,7-8H,1,4-6,9-16H2,(H2,23,29)(H,24,25,28). The van der Waals surface area contributed by atoms with Crippen molar-refractivity contribution in [2.45, 2.75) is 183 Å². The number of aromatic amines is 4. The van der Waals surface area contributed by atoms with Crippen molar-refractivity contribution in [3.05, 3.63) is 335 Å². The lowest BCUT2D eigenvalue weighted by molar-refractivity contribution is -0.135. The van der Waals surface area contributed by atoms with Crippen molar-refractivity contribution < 1.29 is 28.8 Å². The number of likely N-dealkylation sites (tertiary alicyclic amines) is 6. The maximum atomic E-state index is 12.7. The maximum absolute atomic E-state index is 12.7. The van der Waals surface area contributed by atoms with Crippen LogP contribution in [0.5, 0.6) is 0 Å². The Bertz CT molecular complexity index is 6800. The van der Waals surface area contributed by atoms with Gasteiger partial charge in [0.1, 0.15) is 28.8 Å². The van der Waals surface area contributed by atoms with Gasteiger partial charge < -0.3 is 77.6 Å². The van der Waals surface area contributed by atoms with Crippen molar-refractivity contribution in [1.29, 1.82) is 0 Å². The summed E-state index contributed by atoms with van der Waals surface area (Å²) in [7, 11) is 0. The van der Waals surface area contributed by atoms with Gasteiger partial charge in [-0.15, -0.1) is 0 Å². The molecule has 11 heterocycles. The highest BCUT2D eigenvalue weighted by atomic mass is 16.2. The SMILES string of the molecule is Cc1ccc(C(=O)C2CCN(CCCc3nc4ccccc4c(=O)[nH]3)CC2)cc1.NC(=O)C1(N2CCCCC2)CCN(CCCc2nc3ccccc3c(=O)[nH]2)CC1.NC(=O)C1(c2ccccc2)CCN(CCCC2NC(=O)c3ccccc3N2)CC1.NC(=O)C1(c2ccccc2)CCN(CCCc2nc3ccccc3c(=O)[nH]2)CC1.O=C(NC1CCN(CCCc2nc3ccccc3c(=O)[nH]2)CC1)c1ccccc1. The van der Waals surface area contributed by atoms with Gasteiger partial charge in [0, 0.05) is 80.6 Å². The number of carbonyl (C=O) groups excluding carboxylic acids is 6. The van der Waals surface area contributed by atoms with E-state index < -0.39 is 16.4 Å². The molecule has 0 aliphatic carbocycles. The molecule has 1 atom stereocenters. The smallest absolute Gasteiger partial charge is 0.258 e. The normalized spacial score (nSPS) is 17.9. The Labute approximate surface area is 846 Å². The minimum Gasteiger partial charge on any atom is -0.369 e. The number of nitrogens with zero attached hydrogens (tertiary/aromatic N) is 10. The van der Waals surface area contributed by atoms with Crippen LogP contribution in [0.1, 0.15) is 193 Å². The van der Waals surface area contributed by atoms with Crippen LogP contribution in [0, 0.1) is 12.8 Å². The van der Waals surface area contributed by atoms with Gasteiger partial charge in [0.05, 0.1) is 66.2 Å². The Kier molecular flexibility index (Phi) is 35.9. The van der Waals surface area contributed by atoms with Gasteiger partial charge in [0.25, 0.3) is 34.1 Å². The number of aromatic nitrogens is 8. The molecule has 0 spiro atoms. The van der Waals surface area contributed by atoms with Crippen molar-refractivity contribution in [2.75, 3.05) is 117 Å². The van der Waals surface area contributed by atoms with Crippen molar-refractivity contribution >= 4 is 84.6 Å². The number of rotatable bonds is 30. The van der Waals surface area contributed by atoms with E-state index in [4.69, 9.17) is 17.2 Å². The van der Waals surface area contributed by atoms with Gasteiger partial charge in [-0.05, 0) is 292 Å². The molecule has 7 aliphatic heterocycles. The summed E-state index contributed by atoms with van der Waals surface area (Å²) in [4.78, 5) is 167. The molecule has 13 N–H and O–H groups in total. The average molecular weight is 1960 g/mol. The second kappa shape index (κ2) is 50.1. The number of nitrogens with two attached hydrogens (primary N) is 3. The van der Waals surface area contributed by atoms with Crippen molar-refractivity contribution in [3.63, 3.8) is 0 Å². The van der Waals surface area contributed by atoms with Crippen LogP contribution in [-0.2, 0) is 50.9 Å². The molecule has 30 heteroatoms. The Hall–Kier alpha value is -13.9. The summed E-state index contributed by atoms with van der Waals surface area (Å²) in [6.45, 7) is 17.7. The number of aryl methyl sites for hydroxylation is 5. The molecule has 0 bridgehead atoms. The first-order valence-electron chi connectivity index (χ1n) is 52.0. The van der Waals surface area contributed by atoms with E-state index in [1.165, 1.54) is 12.0 Å². The van der Waals surface area contributed by atoms with Gasteiger partial charge >= 0.3 is 0 Å². The van der Waals surface area contributed by atoms with E-state index in [1.54, 1.807) is 24.3 Å². The zero-order chi connectivity index (χ0) is 101. The molecule has 9 aromatic carbocycles. The van der Waals surface area contributed by atoms with Gasteiger partial charge in [-0.25, -0.2) is 19.9 Å². The fourth-order valence-corrected chi connectivity index (χ4v) is 21.7. The molecular weight excluding hydrogens is 1820 g/mol. The topological polar surface area (TPSA) is 419 Å². The van der Waals surface area contributed by atoms with E-state index in [2.05, 4.69) is 85.2 Å². The van der Waals surface area contributed by atoms with Crippen molar-refractivity contribution in [2.24, 2.45) is 23.1 Å². The first-order chi connectivity index (χ1) is 70.5. The Balaban J connectivity index is 0.000000130. The van der Waals surface area contributed by atoms with Crippen LogP contribution >= 0.6 is 0 Å². The third-order valence-electron chi connectivity index (χ3n) is 30.3. The molecule has 0 saturated carbocycles. The zero-order valence-electron chi connectivity index (χ0n) is 83.3. The summed E-state index contributed by atoms with van der Waals surface area (Å²) < 4.78 is 0. The summed E-state index contributed by atoms with van der Waals surface area (Å²) in [5.74, 6) is 2.75. The van der Waals surface area contributed by atoms with E-state index in [9.17, 15) is 47.9 Å². The Morgan fingerprint density at radius 2 is 0.710 bits per heavy atom. The minimum atomic E-state index is -0.567. The van der Waals surface area contributed by atoms with Gasteiger partial charge in [-0.1, -0.05) is 176 Å². The molecule has 758 valence electrons. The van der Waals surface area contributed by atoms with E-state index in [1.807, 2.05) is 219 Å². The zero-order valence-corrected chi connectivity index (χ0v) is 83.3. The predicted molar refractivity (Wildman–Crippen MR) is 570 cm³/mol. The molecule has 1 unspecified atom stereocenters. The number of anilines is 1. The number of H-pyrrole nitrogens is 4. The van der Waals surface area contributed by atoms with E-state index in [0.717, 1.165) is 320 Å². The van der Waals surface area contributed by atoms with Gasteiger partial charge in [-0.3, -0.25) is 52.8 Å². The van der Waals surface area contributed by atoms with E-state index in [-0.39, 0.29) is 75.7 Å². The molecule has 4 aromatic heterocycles. The third-order valence-corrected chi connectivity index (χ3v) is 30.3. The summed E-state index contributed by atoms with van der Waals surface area (Å²) in [5, 5.41) is 12.1. The number of benzene rings is 9. The Morgan fingerprint density at radius 1 is 0.359 bits per heavy atom. The minimum absolute atomic E-state index is 0.00961. The number of ketones is 1. The molecule has 6 saturated heterocycles. The molecule has 145 heavy (non-hydrogen) atoms. The molecule has 0 radical (unpaired) electrons. The number of hydrogen-bond donors (Lipinski definition) is 10. The molecular formula is C115H138N20O10. The highest BCUT2D eigenvalue weighted by molar-refractivity contribution is 6.02. The van der Waals surface area contributed by atoms with E-state index >= 15 is 0 Å². The Morgan fingerprint density at radius 3 is 1.11 bits per heavy atom. The summed E-state index contributed by atoms with van der Waals surface area (Å²) in [6.07, 6.45) is 20.4. The lowest BCUT2D eigenvalue weighted by Gasteiger charge is -2.48. The second-order valence-electron chi connectivity index (χ2n) is 39.8. The molecule has 7 aliphatic rings. The number of carbonyl (C=O) groups is 6. The lowest BCUT2D eigenvalue weighted by atomic mass is 9.72. The van der Waals surface area contributed by atoms with Crippen LogP contribution in [0.2, 0.25) is 0 Å². The summed E-state index contributed by atoms with van der Waals surface area (Å²) >= 11 is 0. The van der Waals surface area contributed by atoms with Crippen LogP contribution < -0.4 is 55.4 Å². The second-order valence-corrected chi connectivity index (χ2v) is 39.8.